The van der Waals surface area contributed by atoms with E-state index in [9.17, 15) is 27.6 Å². The molecule has 1 atom stereocenters. The molecule has 1 aromatic carbocycles. The Hall–Kier alpha value is -4.75. The zero-order valence-corrected chi connectivity index (χ0v) is 27.1. The summed E-state index contributed by atoms with van der Waals surface area (Å²) >= 11 is 1.17. The number of carbonyl (C=O) groups is 1. The van der Waals surface area contributed by atoms with Crippen molar-refractivity contribution in [1.82, 2.24) is 30.2 Å². The molecule has 2 saturated heterocycles. The van der Waals surface area contributed by atoms with Crippen molar-refractivity contribution >= 4 is 40.0 Å². The van der Waals surface area contributed by atoms with E-state index in [1.165, 1.54) is 48.6 Å². The van der Waals surface area contributed by atoms with E-state index in [1.807, 2.05) is 6.07 Å². The van der Waals surface area contributed by atoms with E-state index < -0.39 is 47.1 Å². The van der Waals surface area contributed by atoms with Crippen LogP contribution in [-0.4, -0.2) is 81.8 Å². The van der Waals surface area contributed by atoms with Crippen molar-refractivity contribution in [1.29, 1.82) is 5.26 Å². The zero-order valence-electron chi connectivity index (χ0n) is 26.3. The molecule has 1 amide bonds. The zero-order chi connectivity index (χ0) is 34.7. The predicted octanol–water partition coefficient (Wildman–Crippen LogP) is 5.76. The number of carbonyl (C=O) groups excluding carboxylic acids is 1. The van der Waals surface area contributed by atoms with Crippen molar-refractivity contribution in [3.8, 4) is 23.3 Å². The number of nitrogens with one attached hydrogen (secondary N) is 1. The van der Waals surface area contributed by atoms with E-state index in [0.717, 1.165) is 43.7 Å². The topological polar surface area (TPSA) is 120 Å². The standard InChI is InChI=1S/C26H19F4N7O2S.C7H12FN/c1-39-26-34-23-17(12-33-22(21(23)30)16-10-14(27)2-3-18(16)28)24(35-26)36-7-8-37(15(13-36)4-5-31)25(38)19(29)11-20-32-6-9-40-20;8-6-4-7(5-6)2-1-3-9-7/h2-3,6,9-12,15H,4,7-8,13H2,1H3;6,9H,1-5H2/b19-11-;. The number of aromatic nitrogens is 4. The highest BCUT2D eigenvalue weighted by Gasteiger charge is 2.45. The van der Waals surface area contributed by atoms with Gasteiger partial charge in [0, 0.05) is 54.6 Å². The fourth-order valence-corrected chi connectivity index (χ4v) is 6.99. The van der Waals surface area contributed by atoms with Gasteiger partial charge in [-0.05, 0) is 50.4 Å². The Balaban J connectivity index is 0.000000396. The SMILES string of the molecule is COc1nc(N2CCN(C(=O)/C(F)=C/c3nccs3)C(CC#N)C2)c2cnc(-c3cc(F)ccc3F)c(F)c2n1.FC1CC2(CCCN2)C1. The summed E-state index contributed by atoms with van der Waals surface area (Å²) in [6, 6.07) is 3.69. The average Bonchev–Trinajstić information content (AvgIpc) is 3.79. The number of pyridine rings is 1. The average molecular weight is 699 g/mol. The first kappa shape index (κ1) is 34.1. The molecule has 1 spiro atoms. The van der Waals surface area contributed by atoms with Crippen LogP contribution in [-0.2, 0) is 4.79 Å². The minimum atomic E-state index is -1.01. The number of amides is 1. The van der Waals surface area contributed by atoms with Crippen LogP contribution in [0.2, 0.25) is 0 Å². The second-order valence-electron chi connectivity index (χ2n) is 12.0. The summed E-state index contributed by atoms with van der Waals surface area (Å²) in [5, 5.41) is 14.9. The lowest BCUT2D eigenvalue weighted by Crippen LogP contribution is -2.55. The third-order valence-electron chi connectivity index (χ3n) is 8.84. The molecule has 2 aliphatic heterocycles. The number of rotatable bonds is 6. The number of anilines is 1. The molecule has 49 heavy (non-hydrogen) atoms. The summed E-state index contributed by atoms with van der Waals surface area (Å²) < 4.78 is 76.2. The van der Waals surface area contributed by atoms with Crippen molar-refractivity contribution in [2.75, 3.05) is 38.2 Å². The van der Waals surface area contributed by atoms with E-state index in [4.69, 9.17) is 4.74 Å². The van der Waals surface area contributed by atoms with Crippen LogP contribution >= 0.6 is 11.3 Å². The minimum Gasteiger partial charge on any atom is -0.467 e. The molecular formula is C33H31F5N8O2S. The molecule has 3 aliphatic rings. The highest BCUT2D eigenvalue weighted by atomic mass is 32.1. The molecule has 256 valence electrons. The van der Waals surface area contributed by atoms with Gasteiger partial charge < -0.3 is 19.9 Å². The van der Waals surface area contributed by atoms with Crippen molar-refractivity contribution in [2.45, 2.75) is 49.9 Å². The second-order valence-corrected chi connectivity index (χ2v) is 12.9. The van der Waals surface area contributed by atoms with Crippen LogP contribution in [0.3, 0.4) is 0 Å². The van der Waals surface area contributed by atoms with E-state index >= 15 is 4.39 Å². The number of fused-ring (bicyclic) bond motifs is 1. The maximum absolute atomic E-state index is 15.7. The van der Waals surface area contributed by atoms with Crippen molar-refractivity contribution < 1.29 is 31.5 Å². The number of nitriles is 1. The van der Waals surface area contributed by atoms with E-state index in [0.29, 0.717) is 5.01 Å². The van der Waals surface area contributed by atoms with Crippen LogP contribution in [0.25, 0.3) is 28.2 Å². The molecule has 3 fully saturated rings. The Kier molecular flexibility index (Phi) is 10.0. The third kappa shape index (κ3) is 7.18. The lowest BCUT2D eigenvalue weighted by molar-refractivity contribution is -0.131. The van der Waals surface area contributed by atoms with Gasteiger partial charge >= 0.3 is 6.01 Å². The van der Waals surface area contributed by atoms with Gasteiger partial charge in [-0.3, -0.25) is 9.78 Å². The number of benzene rings is 1. The van der Waals surface area contributed by atoms with Crippen LogP contribution in [0.15, 0.2) is 41.8 Å². The number of nitrogens with zero attached hydrogens (tertiary/aromatic N) is 7. The van der Waals surface area contributed by atoms with Crippen molar-refractivity contribution in [2.24, 2.45) is 0 Å². The highest BCUT2D eigenvalue weighted by Crippen LogP contribution is 2.40. The molecule has 4 aromatic rings. The number of thiazole rings is 1. The first-order chi connectivity index (χ1) is 23.6. The molecule has 0 bridgehead atoms. The summed E-state index contributed by atoms with van der Waals surface area (Å²) in [5.41, 5.74) is -0.813. The monoisotopic (exact) mass is 698 g/mol. The molecule has 0 radical (unpaired) electrons. The maximum atomic E-state index is 15.7. The van der Waals surface area contributed by atoms with Gasteiger partial charge in [-0.1, -0.05) is 0 Å². The maximum Gasteiger partial charge on any atom is 0.318 e. The Morgan fingerprint density at radius 1 is 1.22 bits per heavy atom. The fraction of sp³-hybridized carbons (Fsp3) is 0.394. The smallest absolute Gasteiger partial charge is 0.318 e. The molecule has 3 aromatic heterocycles. The molecule has 10 nitrogen and oxygen atoms in total. The van der Waals surface area contributed by atoms with Gasteiger partial charge in [-0.25, -0.2) is 26.9 Å². The summed E-state index contributed by atoms with van der Waals surface area (Å²) in [6.07, 6.45) is 7.14. The van der Waals surface area contributed by atoms with Crippen LogP contribution in [0.1, 0.15) is 37.1 Å². The molecule has 1 aliphatic carbocycles. The number of ether oxygens (including phenoxy) is 1. The Morgan fingerprint density at radius 3 is 2.71 bits per heavy atom. The first-order valence-corrected chi connectivity index (χ1v) is 16.4. The van der Waals surface area contributed by atoms with Crippen LogP contribution in [0.4, 0.5) is 27.8 Å². The van der Waals surface area contributed by atoms with Crippen molar-refractivity contribution in [3.05, 3.63) is 64.3 Å². The van der Waals surface area contributed by atoms with Gasteiger partial charge in [0.25, 0.3) is 5.91 Å². The van der Waals surface area contributed by atoms with Gasteiger partial charge in [-0.15, -0.1) is 11.3 Å². The summed E-state index contributed by atoms with van der Waals surface area (Å²) in [4.78, 5) is 32.3. The van der Waals surface area contributed by atoms with E-state index in [2.05, 4.69) is 25.3 Å². The fourth-order valence-electron chi connectivity index (χ4n) is 6.43. The Morgan fingerprint density at radius 2 is 2.04 bits per heavy atom. The van der Waals surface area contributed by atoms with Crippen LogP contribution in [0, 0.1) is 28.8 Å². The highest BCUT2D eigenvalue weighted by molar-refractivity contribution is 7.10. The summed E-state index contributed by atoms with van der Waals surface area (Å²) in [5.74, 6) is -4.36. The van der Waals surface area contributed by atoms with E-state index in [1.54, 1.807) is 10.3 Å². The predicted molar refractivity (Wildman–Crippen MR) is 172 cm³/mol. The lowest BCUT2D eigenvalue weighted by Gasteiger charge is -2.41. The van der Waals surface area contributed by atoms with Gasteiger partial charge in [0.15, 0.2) is 11.6 Å². The largest absolute Gasteiger partial charge is 0.467 e. The van der Waals surface area contributed by atoms with Gasteiger partial charge in [0.05, 0.1) is 31.0 Å². The molecule has 5 heterocycles. The lowest BCUT2D eigenvalue weighted by atomic mass is 9.74. The minimum absolute atomic E-state index is 0.0284. The van der Waals surface area contributed by atoms with Gasteiger partial charge in [-0.2, -0.15) is 15.2 Å². The first-order valence-electron chi connectivity index (χ1n) is 15.6. The number of alkyl halides is 1. The van der Waals surface area contributed by atoms with Gasteiger partial charge in [0.1, 0.15) is 39.8 Å². The second kappa shape index (κ2) is 14.4. The van der Waals surface area contributed by atoms with Gasteiger partial charge in [0.2, 0.25) is 0 Å². The quantitative estimate of drug-likeness (QED) is 0.198. The molecule has 1 unspecified atom stereocenters. The number of hydrogen-bond acceptors (Lipinski definition) is 10. The van der Waals surface area contributed by atoms with Crippen molar-refractivity contribution in [3.63, 3.8) is 0 Å². The number of piperazine rings is 1. The molecule has 16 heteroatoms. The molecule has 1 saturated carbocycles. The van der Waals surface area contributed by atoms with Crippen LogP contribution in [0.5, 0.6) is 6.01 Å². The van der Waals surface area contributed by atoms with Crippen LogP contribution < -0.4 is 15.0 Å². The number of methoxy groups -OCH3 is 1. The summed E-state index contributed by atoms with van der Waals surface area (Å²) in [7, 11) is 1.28. The third-order valence-corrected chi connectivity index (χ3v) is 9.56. The molecular weight excluding hydrogens is 667 g/mol. The molecule has 1 N–H and O–H groups in total. The molecule has 7 rings (SSSR count). The number of hydrogen-bond donors (Lipinski definition) is 1. The summed E-state index contributed by atoms with van der Waals surface area (Å²) in [6.45, 7) is 1.34. The van der Waals surface area contributed by atoms with E-state index in [-0.39, 0.29) is 59.9 Å². The normalized spacial score (nSPS) is 22.0. The Bertz CT molecular complexity index is 1910. The Labute approximate surface area is 282 Å². The number of halogens is 5.